The predicted octanol–water partition coefficient (Wildman–Crippen LogP) is 1.69. The molecule has 3 nitrogen and oxygen atoms in total. The Morgan fingerprint density at radius 1 is 1.33 bits per heavy atom. The molecule has 1 rings (SSSR count). The summed E-state index contributed by atoms with van der Waals surface area (Å²) in [5.41, 5.74) is 9.35. The standard InChI is InChI=1S/C12H19NO2/c1-8-6-10(15-3)7-9(2)12(8)11(13)4-5-14/h6-7,11,14H,4-5,13H2,1-3H3. The van der Waals surface area contributed by atoms with Gasteiger partial charge in [0, 0.05) is 12.6 Å². The maximum atomic E-state index is 8.88. The van der Waals surface area contributed by atoms with Crippen molar-refractivity contribution in [3.8, 4) is 5.75 Å². The minimum atomic E-state index is -0.0964. The van der Waals surface area contributed by atoms with Crippen LogP contribution in [0.1, 0.15) is 29.2 Å². The fourth-order valence-electron chi connectivity index (χ4n) is 1.92. The average molecular weight is 209 g/mol. The predicted molar refractivity (Wildman–Crippen MR) is 61.1 cm³/mol. The summed E-state index contributed by atoms with van der Waals surface area (Å²) >= 11 is 0. The molecule has 1 atom stereocenters. The number of methoxy groups -OCH3 is 1. The number of aliphatic hydroxyl groups is 1. The van der Waals surface area contributed by atoms with E-state index in [0.29, 0.717) is 6.42 Å². The third-order valence-electron chi connectivity index (χ3n) is 2.61. The van der Waals surface area contributed by atoms with Crippen molar-refractivity contribution in [3.63, 3.8) is 0 Å². The van der Waals surface area contributed by atoms with Crippen molar-refractivity contribution >= 4 is 0 Å². The molecule has 0 radical (unpaired) electrons. The molecule has 15 heavy (non-hydrogen) atoms. The molecule has 1 unspecified atom stereocenters. The summed E-state index contributed by atoms with van der Waals surface area (Å²) in [5, 5.41) is 8.88. The minimum absolute atomic E-state index is 0.0964. The Balaban J connectivity index is 3.07. The Labute approximate surface area is 90.9 Å². The lowest BCUT2D eigenvalue weighted by molar-refractivity contribution is 0.276. The maximum absolute atomic E-state index is 8.88. The Kier molecular flexibility index (Phi) is 4.12. The summed E-state index contributed by atoms with van der Waals surface area (Å²) in [5.74, 6) is 0.852. The van der Waals surface area contributed by atoms with E-state index in [1.165, 1.54) is 0 Å². The smallest absolute Gasteiger partial charge is 0.119 e. The molecule has 0 aliphatic carbocycles. The van der Waals surface area contributed by atoms with Gasteiger partial charge in [-0.25, -0.2) is 0 Å². The second kappa shape index (κ2) is 5.14. The largest absolute Gasteiger partial charge is 0.497 e. The highest BCUT2D eigenvalue weighted by Crippen LogP contribution is 2.27. The van der Waals surface area contributed by atoms with E-state index < -0.39 is 0 Å². The van der Waals surface area contributed by atoms with Crippen LogP contribution in [0.3, 0.4) is 0 Å². The lowest BCUT2D eigenvalue weighted by atomic mass is 9.94. The molecule has 1 aromatic rings. The minimum Gasteiger partial charge on any atom is -0.497 e. The van der Waals surface area contributed by atoms with Gasteiger partial charge in [0.15, 0.2) is 0 Å². The van der Waals surface area contributed by atoms with Crippen molar-refractivity contribution in [1.29, 1.82) is 0 Å². The number of hydrogen-bond donors (Lipinski definition) is 2. The molecule has 0 heterocycles. The number of aryl methyl sites for hydroxylation is 2. The number of aliphatic hydroxyl groups excluding tert-OH is 1. The van der Waals surface area contributed by atoms with Crippen LogP contribution in [0.25, 0.3) is 0 Å². The van der Waals surface area contributed by atoms with Gasteiger partial charge >= 0.3 is 0 Å². The van der Waals surface area contributed by atoms with Crippen LogP contribution in [-0.4, -0.2) is 18.8 Å². The fraction of sp³-hybridized carbons (Fsp3) is 0.500. The monoisotopic (exact) mass is 209 g/mol. The number of benzene rings is 1. The summed E-state index contributed by atoms with van der Waals surface area (Å²) in [6.45, 7) is 4.15. The van der Waals surface area contributed by atoms with Gasteiger partial charge < -0.3 is 15.6 Å². The molecule has 0 saturated carbocycles. The summed E-state index contributed by atoms with van der Waals surface area (Å²) in [4.78, 5) is 0. The molecule has 0 aliphatic heterocycles. The average Bonchev–Trinajstić information content (AvgIpc) is 2.16. The van der Waals surface area contributed by atoms with Crippen LogP contribution < -0.4 is 10.5 Å². The first-order chi connectivity index (χ1) is 7.10. The summed E-state index contributed by atoms with van der Waals surface area (Å²) in [6, 6.07) is 3.85. The maximum Gasteiger partial charge on any atom is 0.119 e. The van der Waals surface area contributed by atoms with Gasteiger partial charge in [0.05, 0.1) is 7.11 Å². The Hall–Kier alpha value is -1.06. The lowest BCUT2D eigenvalue weighted by Gasteiger charge is -2.17. The number of rotatable bonds is 4. The molecule has 3 N–H and O–H groups in total. The van der Waals surface area contributed by atoms with Gasteiger partial charge in [-0.1, -0.05) is 0 Å². The van der Waals surface area contributed by atoms with Gasteiger partial charge in [0.2, 0.25) is 0 Å². The van der Waals surface area contributed by atoms with Gasteiger partial charge in [-0.05, 0) is 49.1 Å². The SMILES string of the molecule is COc1cc(C)c(C(N)CCO)c(C)c1. The normalized spacial score (nSPS) is 12.6. The zero-order valence-corrected chi connectivity index (χ0v) is 9.58. The Morgan fingerprint density at radius 2 is 1.87 bits per heavy atom. The quantitative estimate of drug-likeness (QED) is 0.793. The van der Waals surface area contributed by atoms with Crippen molar-refractivity contribution in [3.05, 3.63) is 28.8 Å². The van der Waals surface area contributed by atoms with Gasteiger partial charge in [-0.3, -0.25) is 0 Å². The highest BCUT2D eigenvalue weighted by Gasteiger charge is 2.12. The van der Waals surface area contributed by atoms with Crippen LogP contribution in [-0.2, 0) is 0 Å². The van der Waals surface area contributed by atoms with Crippen LogP contribution in [0.4, 0.5) is 0 Å². The van der Waals surface area contributed by atoms with Crippen LogP contribution in [0.15, 0.2) is 12.1 Å². The molecule has 0 spiro atoms. The molecule has 3 heteroatoms. The van der Waals surface area contributed by atoms with Gasteiger partial charge in [0.25, 0.3) is 0 Å². The van der Waals surface area contributed by atoms with Crippen LogP contribution >= 0.6 is 0 Å². The van der Waals surface area contributed by atoms with E-state index in [1.807, 2.05) is 26.0 Å². The molecular formula is C12H19NO2. The number of nitrogens with two attached hydrogens (primary N) is 1. The van der Waals surface area contributed by atoms with E-state index in [2.05, 4.69) is 0 Å². The molecule has 0 amide bonds. The second-order valence-corrected chi connectivity index (χ2v) is 3.79. The molecule has 0 aromatic heterocycles. The first kappa shape index (κ1) is 12.0. The van der Waals surface area contributed by atoms with Gasteiger partial charge in [0.1, 0.15) is 5.75 Å². The number of hydrogen-bond acceptors (Lipinski definition) is 3. The number of ether oxygens (including phenoxy) is 1. The topological polar surface area (TPSA) is 55.5 Å². The molecule has 0 saturated heterocycles. The van der Waals surface area contributed by atoms with Crippen LogP contribution in [0.2, 0.25) is 0 Å². The van der Waals surface area contributed by atoms with E-state index in [-0.39, 0.29) is 12.6 Å². The summed E-state index contributed by atoms with van der Waals surface area (Å²) in [6.07, 6.45) is 0.591. The molecule has 84 valence electrons. The van der Waals surface area contributed by atoms with E-state index in [9.17, 15) is 0 Å². The highest BCUT2D eigenvalue weighted by atomic mass is 16.5. The Bertz CT molecular complexity index is 313. The van der Waals surface area contributed by atoms with Crippen molar-refractivity contribution in [1.82, 2.24) is 0 Å². The first-order valence-corrected chi connectivity index (χ1v) is 5.11. The van der Waals surface area contributed by atoms with Crippen molar-refractivity contribution in [2.24, 2.45) is 5.73 Å². The first-order valence-electron chi connectivity index (χ1n) is 5.11. The summed E-state index contributed by atoms with van der Waals surface area (Å²) in [7, 11) is 1.65. The van der Waals surface area contributed by atoms with Crippen LogP contribution in [0, 0.1) is 13.8 Å². The van der Waals surface area contributed by atoms with Crippen molar-refractivity contribution in [2.75, 3.05) is 13.7 Å². The highest BCUT2D eigenvalue weighted by molar-refractivity contribution is 5.42. The summed E-state index contributed by atoms with van der Waals surface area (Å²) < 4.78 is 5.18. The zero-order chi connectivity index (χ0) is 11.4. The Morgan fingerprint density at radius 3 is 2.27 bits per heavy atom. The van der Waals surface area contributed by atoms with E-state index in [1.54, 1.807) is 7.11 Å². The van der Waals surface area contributed by atoms with Crippen molar-refractivity contribution in [2.45, 2.75) is 26.3 Å². The molecule has 0 bridgehead atoms. The molecule has 1 aromatic carbocycles. The van der Waals surface area contributed by atoms with E-state index in [0.717, 1.165) is 22.4 Å². The molecule has 0 fully saturated rings. The molecule has 0 aliphatic rings. The van der Waals surface area contributed by atoms with Crippen LogP contribution in [0.5, 0.6) is 5.75 Å². The van der Waals surface area contributed by atoms with Gasteiger partial charge in [-0.15, -0.1) is 0 Å². The van der Waals surface area contributed by atoms with E-state index in [4.69, 9.17) is 15.6 Å². The van der Waals surface area contributed by atoms with Gasteiger partial charge in [-0.2, -0.15) is 0 Å². The second-order valence-electron chi connectivity index (χ2n) is 3.79. The third-order valence-corrected chi connectivity index (χ3v) is 2.61. The van der Waals surface area contributed by atoms with E-state index >= 15 is 0 Å². The molecular weight excluding hydrogens is 190 g/mol. The third kappa shape index (κ3) is 2.70. The van der Waals surface area contributed by atoms with Crippen molar-refractivity contribution < 1.29 is 9.84 Å². The lowest BCUT2D eigenvalue weighted by Crippen LogP contribution is -2.15. The zero-order valence-electron chi connectivity index (χ0n) is 9.58. The fourth-order valence-corrected chi connectivity index (χ4v) is 1.92.